The SMILES string of the molecule is CSC(CO)C(C)NC(=O)[C@H](N)C(C)(C)C. The fourth-order valence-corrected chi connectivity index (χ4v) is 1.86. The number of hydrogen-bond donors (Lipinski definition) is 3. The number of carbonyl (C=O) groups is 1. The molecule has 0 rings (SSSR count). The molecule has 0 aromatic heterocycles. The third-order valence-corrected chi connectivity index (χ3v) is 3.79. The first-order chi connectivity index (χ1) is 7.23. The van der Waals surface area contributed by atoms with Crippen LogP contribution in [0.3, 0.4) is 0 Å². The van der Waals surface area contributed by atoms with Gasteiger partial charge >= 0.3 is 0 Å². The van der Waals surface area contributed by atoms with E-state index in [2.05, 4.69) is 5.32 Å². The molecule has 0 saturated carbocycles. The Labute approximate surface area is 102 Å². The van der Waals surface area contributed by atoms with Gasteiger partial charge in [-0.25, -0.2) is 0 Å². The molecule has 0 fully saturated rings. The van der Waals surface area contributed by atoms with Crippen LogP contribution in [0, 0.1) is 5.41 Å². The van der Waals surface area contributed by atoms with Crippen LogP contribution in [0.1, 0.15) is 27.7 Å². The van der Waals surface area contributed by atoms with Crippen molar-refractivity contribution in [2.45, 2.75) is 45.0 Å². The molecule has 0 aromatic carbocycles. The van der Waals surface area contributed by atoms with E-state index in [4.69, 9.17) is 10.8 Å². The average Bonchev–Trinajstić information content (AvgIpc) is 2.16. The van der Waals surface area contributed by atoms with Gasteiger partial charge in [-0.05, 0) is 18.6 Å². The second-order valence-electron chi connectivity index (χ2n) is 5.10. The van der Waals surface area contributed by atoms with Gasteiger partial charge in [0.25, 0.3) is 0 Å². The summed E-state index contributed by atoms with van der Waals surface area (Å²) in [6.07, 6.45) is 1.91. The summed E-state index contributed by atoms with van der Waals surface area (Å²) in [4.78, 5) is 11.8. The first-order valence-corrected chi connectivity index (χ1v) is 6.72. The van der Waals surface area contributed by atoms with Gasteiger partial charge in [-0.15, -0.1) is 0 Å². The zero-order chi connectivity index (χ0) is 12.9. The Morgan fingerprint density at radius 1 is 1.50 bits per heavy atom. The number of rotatable bonds is 5. The van der Waals surface area contributed by atoms with Gasteiger partial charge < -0.3 is 16.2 Å². The summed E-state index contributed by atoms with van der Waals surface area (Å²) in [6, 6.07) is -0.614. The van der Waals surface area contributed by atoms with Crippen LogP contribution >= 0.6 is 11.8 Å². The predicted molar refractivity (Wildman–Crippen MR) is 69.4 cm³/mol. The largest absolute Gasteiger partial charge is 0.395 e. The number of nitrogens with one attached hydrogen (secondary N) is 1. The van der Waals surface area contributed by atoms with Crippen LogP contribution in [-0.2, 0) is 4.79 Å². The highest BCUT2D eigenvalue weighted by Gasteiger charge is 2.29. The number of hydrogen-bond acceptors (Lipinski definition) is 4. The number of nitrogens with two attached hydrogens (primary N) is 1. The van der Waals surface area contributed by atoms with E-state index in [0.29, 0.717) is 0 Å². The third-order valence-electron chi connectivity index (χ3n) is 2.63. The highest BCUT2D eigenvalue weighted by molar-refractivity contribution is 7.99. The zero-order valence-electron chi connectivity index (χ0n) is 10.8. The van der Waals surface area contributed by atoms with Crippen molar-refractivity contribution in [2.24, 2.45) is 11.1 Å². The lowest BCUT2D eigenvalue weighted by atomic mass is 9.87. The van der Waals surface area contributed by atoms with Crippen molar-refractivity contribution in [1.29, 1.82) is 0 Å². The molecule has 0 spiro atoms. The monoisotopic (exact) mass is 248 g/mol. The van der Waals surface area contributed by atoms with Gasteiger partial charge in [-0.3, -0.25) is 4.79 Å². The van der Waals surface area contributed by atoms with Crippen molar-refractivity contribution in [3.63, 3.8) is 0 Å². The van der Waals surface area contributed by atoms with E-state index in [-0.39, 0.29) is 29.2 Å². The average molecular weight is 248 g/mol. The Balaban J connectivity index is 4.34. The molecule has 16 heavy (non-hydrogen) atoms. The maximum Gasteiger partial charge on any atom is 0.237 e. The molecule has 1 amide bonds. The molecule has 4 nitrogen and oxygen atoms in total. The van der Waals surface area contributed by atoms with E-state index in [9.17, 15) is 4.79 Å². The number of aliphatic hydroxyl groups is 1. The summed E-state index contributed by atoms with van der Waals surface area (Å²) < 4.78 is 0. The minimum absolute atomic E-state index is 0.0103. The molecule has 0 aliphatic rings. The molecular weight excluding hydrogens is 224 g/mol. The number of amides is 1. The Morgan fingerprint density at radius 3 is 2.31 bits per heavy atom. The van der Waals surface area contributed by atoms with E-state index < -0.39 is 6.04 Å². The van der Waals surface area contributed by atoms with Crippen LogP contribution < -0.4 is 11.1 Å². The van der Waals surface area contributed by atoms with E-state index >= 15 is 0 Å². The molecule has 2 unspecified atom stereocenters. The van der Waals surface area contributed by atoms with Crippen LogP contribution in [0.5, 0.6) is 0 Å². The molecule has 0 aliphatic heterocycles. The number of thioether (sulfide) groups is 1. The molecule has 0 radical (unpaired) electrons. The van der Waals surface area contributed by atoms with Gasteiger partial charge in [0.15, 0.2) is 0 Å². The molecule has 0 aromatic rings. The number of carbonyl (C=O) groups excluding carboxylic acids is 1. The molecule has 96 valence electrons. The molecule has 3 atom stereocenters. The highest BCUT2D eigenvalue weighted by atomic mass is 32.2. The normalized spacial score (nSPS) is 17.7. The van der Waals surface area contributed by atoms with Crippen molar-refractivity contribution in [1.82, 2.24) is 5.32 Å². The smallest absolute Gasteiger partial charge is 0.237 e. The fraction of sp³-hybridized carbons (Fsp3) is 0.909. The van der Waals surface area contributed by atoms with Gasteiger partial charge in [-0.2, -0.15) is 11.8 Å². The topological polar surface area (TPSA) is 75.3 Å². The van der Waals surface area contributed by atoms with Crippen LogP contribution in [0.4, 0.5) is 0 Å². The lowest BCUT2D eigenvalue weighted by molar-refractivity contribution is -0.125. The van der Waals surface area contributed by atoms with Crippen molar-refractivity contribution in [2.75, 3.05) is 12.9 Å². The van der Waals surface area contributed by atoms with Gasteiger partial charge in [0, 0.05) is 11.3 Å². The highest BCUT2D eigenvalue weighted by Crippen LogP contribution is 2.18. The van der Waals surface area contributed by atoms with Crippen molar-refractivity contribution >= 4 is 17.7 Å². The molecule has 0 aliphatic carbocycles. The Hall–Kier alpha value is -0.260. The molecule has 5 heteroatoms. The molecule has 0 saturated heterocycles. The third kappa shape index (κ3) is 4.72. The second-order valence-corrected chi connectivity index (χ2v) is 6.17. The quantitative estimate of drug-likeness (QED) is 0.665. The van der Waals surface area contributed by atoms with Crippen molar-refractivity contribution in [3.05, 3.63) is 0 Å². The van der Waals surface area contributed by atoms with Crippen LogP contribution in [0.2, 0.25) is 0 Å². The number of aliphatic hydroxyl groups excluding tert-OH is 1. The maximum atomic E-state index is 11.8. The summed E-state index contributed by atoms with van der Waals surface area (Å²) in [5, 5.41) is 12.0. The first kappa shape index (κ1) is 15.7. The summed E-state index contributed by atoms with van der Waals surface area (Å²) in [5.74, 6) is -0.160. The summed E-state index contributed by atoms with van der Waals surface area (Å²) in [5.41, 5.74) is 5.59. The zero-order valence-corrected chi connectivity index (χ0v) is 11.6. The second kappa shape index (κ2) is 6.47. The molecule has 4 N–H and O–H groups in total. The first-order valence-electron chi connectivity index (χ1n) is 5.43. The standard InChI is InChI=1S/C11H24N2O2S/c1-7(8(6-14)16-5)13-10(15)9(12)11(2,3)4/h7-9,14H,6,12H2,1-5H3,(H,13,15)/t7?,8?,9-/m0/s1. The lowest BCUT2D eigenvalue weighted by Gasteiger charge is -2.29. The molecular formula is C11H24N2O2S. The fourth-order valence-electron chi connectivity index (χ4n) is 1.24. The Kier molecular flexibility index (Phi) is 6.36. The summed E-state index contributed by atoms with van der Waals surface area (Å²) in [7, 11) is 0. The Morgan fingerprint density at radius 2 is 2.00 bits per heavy atom. The minimum atomic E-state index is -0.531. The maximum absolute atomic E-state index is 11.8. The van der Waals surface area contributed by atoms with Crippen LogP contribution in [0.15, 0.2) is 0 Å². The summed E-state index contributed by atoms with van der Waals surface area (Å²) >= 11 is 1.53. The van der Waals surface area contributed by atoms with Gasteiger partial charge in [0.1, 0.15) is 0 Å². The molecule has 0 heterocycles. The van der Waals surface area contributed by atoms with Gasteiger partial charge in [-0.1, -0.05) is 20.8 Å². The van der Waals surface area contributed by atoms with Crippen LogP contribution in [-0.4, -0.2) is 41.2 Å². The summed E-state index contributed by atoms with van der Waals surface area (Å²) in [6.45, 7) is 7.72. The van der Waals surface area contributed by atoms with E-state index in [0.717, 1.165) is 0 Å². The van der Waals surface area contributed by atoms with E-state index in [1.54, 1.807) is 0 Å². The Bertz CT molecular complexity index is 225. The van der Waals surface area contributed by atoms with Crippen LogP contribution in [0.25, 0.3) is 0 Å². The van der Waals surface area contributed by atoms with E-state index in [1.807, 2.05) is 34.0 Å². The molecule has 0 bridgehead atoms. The van der Waals surface area contributed by atoms with Crippen molar-refractivity contribution in [3.8, 4) is 0 Å². The lowest BCUT2D eigenvalue weighted by Crippen LogP contribution is -2.53. The van der Waals surface area contributed by atoms with Gasteiger partial charge in [0.05, 0.1) is 12.6 Å². The minimum Gasteiger partial charge on any atom is -0.395 e. The van der Waals surface area contributed by atoms with E-state index in [1.165, 1.54) is 11.8 Å². The predicted octanol–water partition coefficient (Wildman–Crippen LogP) is 0.588. The van der Waals surface area contributed by atoms with Crippen molar-refractivity contribution < 1.29 is 9.90 Å². The van der Waals surface area contributed by atoms with Gasteiger partial charge in [0.2, 0.25) is 5.91 Å².